The van der Waals surface area contributed by atoms with Crippen molar-refractivity contribution in [1.82, 2.24) is 0 Å². The summed E-state index contributed by atoms with van der Waals surface area (Å²) in [7, 11) is 0. The maximum Gasteiger partial charge on any atom is 0.417 e. The van der Waals surface area contributed by atoms with Crippen molar-refractivity contribution in [1.29, 1.82) is 0 Å². The first-order valence-corrected chi connectivity index (χ1v) is 6.63. The third-order valence-corrected chi connectivity index (χ3v) is 3.69. The van der Waals surface area contributed by atoms with Crippen molar-refractivity contribution in [3.63, 3.8) is 0 Å². The standard InChI is InChI=1S/C13H16ClF3N2/c14-12-5-4-10(7-11(12)13(15,16)17)19-9-3-1-2-8(18)6-9/h4-5,7-9,19H,1-3,6,18H2. The minimum atomic E-state index is -4.43. The molecule has 1 aromatic rings. The second-order valence-electron chi connectivity index (χ2n) is 4.96. The fourth-order valence-corrected chi connectivity index (χ4v) is 2.65. The Morgan fingerprint density at radius 2 is 2.00 bits per heavy atom. The number of halogens is 4. The Labute approximate surface area is 115 Å². The normalized spacial score (nSPS) is 24.3. The highest BCUT2D eigenvalue weighted by atomic mass is 35.5. The molecule has 0 radical (unpaired) electrons. The molecule has 0 bridgehead atoms. The molecule has 0 heterocycles. The van der Waals surface area contributed by atoms with Crippen LogP contribution in [0.3, 0.4) is 0 Å². The zero-order valence-electron chi connectivity index (χ0n) is 10.3. The van der Waals surface area contributed by atoms with E-state index in [1.54, 1.807) is 6.07 Å². The topological polar surface area (TPSA) is 38.0 Å². The van der Waals surface area contributed by atoms with Crippen LogP contribution in [0, 0.1) is 0 Å². The second-order valence-corrected chi connectivity index (χ2v) is 5.37. The van der Waals surface area contributed by atoms with E-state index >= 15 is 0 Å². The van der Waals surface area contributed by atoms with Gasteiger partial charge in [-0.15, -0.1) is 0 Å². The lowest BCUT2D eigenvalue weighted by Crippen LogP contribution is -2.34. The van der Waals surface area contributed by atoms with Gasteiger partial charge in [0.15, 0.2) is 0 Å². The first kappa shape index (κ1) is 14.5. The molecule has 2 atom stereocenters. The third kappa shape index (κ3) is 3.76. The summed E-state index contributed by atoms with van der Waals surface area (Å²) in [5.74, 6) is 0. The first-order chi connectivity index (χ1) is 8.86. The van der Waals surface area contributed by atoms with Crippen molar-refractivity contribution in [3.8, 4) is 0 Å². The summed E-state index contributed by atoms with van der Waals surface area (Å²) in [6.45, 7) is 0. The highest BCUT2D eigenvalue weighted by molar-refractivity contribution is 6.31. The molecule has 0 spiro atoms. The molecule has 1 aromatic carbocycles. The molecule has 1 aliphatic rings. The molecule has 1 saturated carbocycles. The largest absolute Gasteiger partial charge is 0.417 e. The number of hydrogen-bond acceptors (Lipinski definition) is 2. The summed E-state index contributed by atoms with van der Waals surface area (Å²) in [6.07, 6.45) is -0.745. The molecular formula is C13H16ClF3N2. The smallest absolute Gasteiger partial charge is 0.382 e. The quantitative estimate of drug-likeness (QED) is 0.863. The zero-order chi connectivity index (χ0) is 14.0. The molecule has 0 saturated heterocycles. The van der Waals surface area contributed by atoms with Gasteiger partial charge in [-0.2, -0.15) is 13.2 Å². The van der Waals surface area contributed by atoms with E-state index in [9.17, 15) is 13.2 Å². The van der Waals surface area contributed by atoms with Crippen molar-refractivity contribution in [2.24, 2.45) is 5.73 Å². The Morgan fingerprint density at radius 3 is 2.63 bits per heavy atom. The van der Waals surface area contributed by atoms with Gasteiger partial charge in [0, 0.05) is 17.8 Å². The van der Waals surface area contributed by atoms with Gasteiger partial charge in [-0.3, -0.25) is 0 Å². The molecule has 1 fully saturated rings. The lowest BCUT2D eigenvalue weighted by Gasteiger charge is -2.28. The molecule has 2 rings (SSSR count). The van der Waals surface area contributed by atoms with E-state index in [4.69, 9.17) is 17.3 Å². The predicted molar refractivity (Wildman–Crippen MR) is 70.3 cm³/mol. The summed E-state index contributed by atoms with van der Waals surface area (Å²) < 4.78 is 38.2. The predicted octanol–water partition coefficient (Wildman–Crippen LogP) is 4.04. The van der Waals surface area contributed by atoms with Gasteiger partial charge in [0.05, 0.1) is 10.6 Å². The molecule has 0 amide bonds. The summed E-state index contributed by atoms with van der Waals surface area (Å²) in [5, 5.41) is 2.83. The highest BCUT2D eigenvalue weighted by Crippen LogP contribution is 2.36. The SMILES string of the molecule is NC1CCCC(Nc2ccc(Cl)c(C(F)(F)F)c2)C1. The van der Waals surface area contributed by atoms with Crippen molar-refractivity contribution in [3.05, 3.63) is 28.8 Å². The van der Waals surface area contributed by atoms with E-state index in [-0.39, 0.29) is 17.1 Å². The van der Waals surface area contributed by atoms with Gasteiger partial charge in [0.1, 0.15) is 0 Å². The van der Waals surface area contributed by atoms with Crippen LogP contribution in [0.1, 0.15) is 31.2 Å². The Balaban J connectivity index is 2.13. The van der Waals surface area contributed by atoms with E-state index in [2.05, 4.69) is 5.32 Å². The molecule has 2 nitrogen and oxygen atoms in total. The summed E-state index contributed by atoms with van der Waals surface area (Å²) in [6, 6.07) is 4.15. The van der Waals surface area contributed by atoms with Crippen molar-refractivity contribution in [2.45, 2.75) is 43.9 Å². The van der Waals surface area contributed by atoms with Crippen LogP contribution in [0.4, 0.5) is 18.9 Å². The van der Waals surface area contributed by atoms with Crippen LogP contribution in [0.25, 0.3) is 0 Å². The monoisotopic (exact) mass is 292 g/mol. The third-order valence-electron chi connectivity index (χ3n) is 3.36. The van der Waals surface area contributed by atoms with Crippen molar-refractivity contribution in [2.75, 3.05) is 5.32 Å². The minimum absolute atomic E-state index is 0.126. The van der Waals surface area contributed by atoms with E-state index in [0.29, 0.717) is 5.69 Å². The van der Waals surface area contributed by atoms with Gasteiger partial charge < -0.3 is 11.1 Å². The van der Waals surface area contributed by atoms with Crippen LogP contribution < -0.4 is 11.1 Å². The van der Waals surface area contributed by atoms with Gasteiger partial charge >= 0.3 is 6.18 Å². The van der Waals surface area contributed by atoms with Crippen molar-refractivity contribution >= 4 is 17.3 Å². The van der Waals surface area contributed by atoms with Crippen LogP contribution in [0.2, 0.25) is 5.02 Å². The average molecular weight is 293 g/mol. The molecule has 0 aromatic heterocycles. The molecule has 1 aliphatic carbocycles. The average Bonchev–Trinajstić information content (AvgIpc) is 2.30. The van der Waals surface area contributed by atoms with Crippen molar-refractivity contribution < 1.29 is 13.2 Å². The van der Waals surface area contributed by atoms with Gasteiger partial charge in [-0.1, -0.05) is 11.6 Å². The van der Waals surface area contributed by atoms with Crippen LogP contribution in [0.5, 0.6) is 0 Å². The van der Waals surface area contributed by atoms with Crippen LogP contribution in [-0.4, -0.2) is 12.1 Å². The number of hydrogen-bond donors (Lipinski definition) is 2. The number of anilines is 1. The van der Waals surface area contributed by atoms with Crippen LogP contribution >= 0.6 is 11.6 Å². The molecule has 2 unspecified atom stereocenters. The first-order valence-electron chi connectivity index (χ1n) is 6.25. The maximum absolute atomic E-state index is 12.7. The molecule has 0 aliphatic heterocycles. The van der Waals surface area contributed by atoms with Gasteiger partial charge in [-0.25, -0.2) is 0 Å². The maximum atomic E-state index is 12.7. The number of nitrogens with one attached hydrogen (secondary N) is 1. The number of rotatable bonds is 2. The van der Waals surface area contributed by atoms with E-state index in [0.717, 1.165) is 31.7 Å². The minimum Gasteiger partial charge on any atom is -0.382 e. The van der Waals surface area contributed by atoms with Crippen LogP contribution in [-0.2, 0) is 6.18 Å². The fourth-order valence-electron chi connectivity index (χ4n) is 2.43. The number of nitrogens with two attached hydrogens (primary N) is 1. The summed E-state index contributed by atoms with van der Waals surface area (Å²) >= 11 is 5.58. The lowest BCUT2D eigenvalue weighted by molar-refractivity contribution is -0.137. The molecular weight excluding hydrogens is 277 g/mol. The van der Waals surface area contributed by atoms with E-state index in [1.165, 1.54) is 6.07 Å². The molecule has 19 heavy (non-hydrogen) atoms. The van der Waals surface area contributed by atoms with Gasteiger partial charge in [0.2, 0.25) is 0 Å². The zero-order valence-corrected chi connectivity index (χ0v) is 11.1. The Kier molecular flexibility index (Phi) is 4.26. The Bertz CT molecular complexity index is 448. The summed E-state index contributed by atoms with van der Waals surface area (Å²) in [5.41, 5.74) is 5.50. The Hall–Kier alpha value is -0.940. The number of alkyl halides is 3. The second kappa shape index (κ2) is 5.59. The van der Waals surface area contributed by atoms with Gasteiger partial charge in [-0.05, 0) is 43.9 Å². The van der Waals surface area contributed by atoms with Crippen LogP contribution in [0.15, 0.2) is 18.2 Å². The van der Waals surface area contributed by atoms with E-state index < -0.39 is 11.7 Å². The molecule has 3 N–H and O–H groups in total. The van der Waals surface area contributed by atoms with Gasteiger partial charge in [0.25, 0.3) is 0 Å². The molecule has 106 valence electrons. The summed E-state index contributed by atoms with van der Waals surface area (Å²) in [4.78, 5) is 0. The van der Waals surface area contributed by atoms with E-state index in [1.807, 2.05) is 0 Å². The Morgan fingerprint density at radius 1 is 1.26 bits per heavy atom. The lowest BCUT2D eigenvalue weighted by atomic mass is 9.91. The highest BCUT2D eigenvalue weighted by Gasteiger charge is 2.33. The fraction of sp³-hybridized carbons (Fsp3) is 0.538. The molecule has 6 heteroatoms. The number of benzene rings is 1.